The van der Waals surface area contributed by atoms with Crippen LogP contribution >= 0.6 is 15.9 Å². The van der Waals surface area contributed by atoms with Gasteiger partial charge in [-0.3, -0.25) is 0 Å². The molecule has 0 N–H and O–H groups in total. The molecule has 0 saturated carbocycles. The summed E-state index contributed by atoms with van der Waals surface area (Å²) < 4.78 is 1.24. The SMILES string of the molecule is CC(C)(C)c1cc2ccc3cc(C(C)(C)C)c(Br)c4ccc(c1)c2c34. The number of halogens is 1. The lowest BCUT2D eigenvalue weighted by Gasteiger charge is -2.25. The largest absolute Gasteiger partial charge is 0.0561 e. The van der Waals surface area contributed by atoms with Crippen molar-refractivity contribution in [3.63, 3.8) is 0 Å². The summed E-state index contributed by atoms with van der Waals surface area (Å²) in [5.74, 6) is 0. The first-order valence-corrected chi connectivity index (χ1v) is 9.79. The van der Waals surface area contributed by atoms with Crippen molar-refractivity contribution in [2.75, 3.05) is 0 Å². The minimum atomic E-state index is 0.114. The molecule has 0 aromatic heterocycles. The highest BCUT2D eigenvalue weighted by Crippen LogP contribution is 2.43. The fourth-order valence-electron chi connectivity index (χ4n) is 3.84. The first kappa shape index (κ1) is 16.8. The number of hydrogen-bond donors (Lipinski definition) is 0. The van der Waals surface area contributed by atoms with Crippen LogP contribution in [0.25, 0.3) is 32.3 Å². The molecule has 0 nitrogen and oxygen atoms in total. The van der Waals surface area contributed by atoms with Crippen molar-refractivity contribution in [3.05, 3.63) is 58.1 Å². The molecule has 4 aromatic carbocycles. The highest BCUT2D eigenvalue weighted by Gasteiger charge is 2.22. The summed E-state index contributed by atoms with van der Waals surface area (Å²) in [6, 6.07) is 16.3. The minimum absolute atomic E-state index is 0.114. The van der Waals surface area contributed by atoms with Crippen molar-refractivity contribution in [3.8, 4) is 0 Å². The standard InChI is InChI=1S/C24H25Br/c1-23(2,3)17-11-14-7-8-16-13-19(24(4,5)6)22(25)18-10-9-15(12-17)20(14)21(16)18/h7-13H,1-6H3. The zero-order valence-corrected chi connectivity index (χ0v) is 17.5. The Kier molecular flexibility index (Phi) is 3.51. The van der Waals surface area contributed by atoms with Gasteiger partial charge in [0.05, 0.1) is 0 Å². The van der Waals surface area contributed by atoms with E-state index in [0.717, 1.165) is 0 Å². The summed E-state index contributed by atoms with van der Waals surface area (Å²) >= 11 is 3.91. The van der Waals surface area contributed by atoms with Crippen LogP contribution in [-0.2, 0) is 10.8 Å². The van der Waals surface area contributed by atoms with Crippen LogP contribution in [0.4, 0.5) is 0 Å². The average Bonchev–Trinajstić information content (AvgIpc) is 2.51. The smallest absolute Gasteiger partial charge is 0.0291 e. The van der Waals surface area contributed by atoms with Gasteiger partial charge in [-0.05, 0) is 76.3 Å². The highest BCUT2D eigenvalue weighted by atomic mass is 79.9. The molecular formula is C24H25Br. The highest BCUT2D eigenvalue weighted by molar-refractivity contribution is 9.10. The van der Waals surface area contributed by atoms with Gasteiger partial charge in [0.1, 0.15) is 0 Å². The van der Waals surface area contributed by atoms with Gasteiger partial charge < -0.3 is 0 Å². The molecule has 0 aliphatic carbocycles. The predicted octanol–water partition coefficient (Wildman–Crippen LogP) is 7.94. The fourth-order valence-corrected chi connectivity index (χ4v) is 4.88. The van der Waals surface area contributed by atoms with Crippen molar-refractivity contribution < 1.29 is 0 Å². The van der Waals surface area contributed by atoms with Crippen LogP contribution in [0.5, 0.6) is 0 Å². The van der Waals surface area contributed by atoms with Crippen molar-refractivity contribution in [1.29, 1.82) is 0 Å². The Bertz CT molecular complexity index is 1090. The molecule has 0 fully saturated rings. The quantitative estimate of drug-likeness (QED) is 0.266. The summed E-state index contributed by atoms with van der Waals surface area (Å²) in [6.45, 7) is 13.7. The lowest BCUT2D eigenvalue weighted by Crippen LogP contribution is -2.12. The van der Waals surface area contributed by atoms with E-state index in [1.807, 2.05) is 0 Å². The van der Waals surface area contributed by atoms with Gasteiger partial charge in [-0.15, -0.1) is 0 Å². The van der Waals surface area contributed by atoms with Gasteiger partial charge in [0, 0.05) is 4.47 Å². The van der Waals surface area contributed by atoms with Crippen molar-refractivity contribution in [2.24, 2.45) is 0 Å². The second kappa shape index (κ2) is 5.20. The molecule has 0 saturated heterocycles. The van der Waals surface area contributed by atoms with Crippen LogP contribution in [0.2, 0.25) is 0 Å². The molecule has 0 unspecified atom stereocenters. The van der Waals surface area contributed by atoms with Gasteiger partial charge in [-0.1, -0.05) is 77.9 Å². The second-order valence-electron chi connectivity index (χ2n) is 9.31. The van der Waals surface area contributed by atoms with E-state index in [9.17, 15) is 0 Å². The van der Waals surface area contributed by atoms with Gasteiger partial charge in [-0.25, -0.2) is 0 Å². The van der Waals surface area contributed by atoms with Crippen LogP contribution in [0.3, 0.4) is 0 Å². The van der Waals surface area contributed by atoms with E-state index in [0.29, 0.717) is 0 Å². The number of hydrogen-bond acceptors (Lipinski definition) is 0. The maximum atomic E-state index is 3.91. The third-order valence-electron chi connectivity index (χ3n) is 5.33. The minimum Gasteiger partial charge on any atom is -0.0561 e. The topological polar surface area (TPSA) is 0 Å². The van der Waals surface area contributed by atoms with E-state index in [4.69, 9.17) is 0 Å². The molecule has 0 radical (unpaired) electrons. The maximum Gasteiger partial charge on any atom is 0.0291 e. The van der Waals surface area contributed by atoms with E-state index in [-0.39, 0.29) is 10.8 Å². The number of rotatable bonds is 0. The summed E-state index contributed by atoms with van der Waals surface area (Å²) in [5, 5.41) is 8.13. The summed E-state index contributed by atoms with van der Waals surface area (Å²) in [6.07, 6.45) is 0. The van der Waals surface area contributed by atoms with E-state index in [2.05, 4.69) is 99.9 Å². The predicted molar refractivity (Wildman–Crippen MR) is 115 cm³/mol. The van der Waals surface area contributed by atoms with Crippen LogP contribution in [0.1, 0.15) is 52.7 Å². The molecule has 0 heterocycles. The normalized spacial score (nSPS) is 13.4. The molecule has 0 aliphatic rings. The summed E-state index contributed by atoms with van der Waals surface area (Å²) in [7, 11) is 0. The molecule has 0 aliphatic heterocycles. The third kappa shape index (κ3) is 2.56. The Balaban J connectivity index is 2.18. The Hall–Kier alpha value is -1.60. The summed E-state index contributed by atoms with van der Waals surface area (Å²) in [5.41, 5.74) is 3.04. The van der Waals surface area contributed by atoms with Crippen molar-refractivity contribution in [2.45, 2.75) is 52.4 Å². The van der Waals surface area contributed by atoms with Gasteiger partial charge in [-0.2, -0.15) is 0 Å². The Labute approximate surface area is 158 Å². The van der Waals surface area contributed by atoms with Crippen molar-refractivity contribution in [1.82, 2.24) is 0 Å². The summed E-state index contributed by atoms with van der Waals surface area (Å²) in [4.78, 5) is 0. The number of benzene rings is 4. The molecule has 0 spiro atoms. The van der Waals surface area contributed by atoms with E-state index in [1.54, 1.807) is 0 Å². The Morgan fingerprint density at radius 1 is 0.640 bits per heavy atom. The van der Waals surface area contributed by atoms with Crippen LogP contribution in [0.15, 0.2) is 46.9 Å². The van der Waals surface area contributed by atoms with Gasteiger partial charge >= 0.3 is 0 Å². The molecule has 4 rings (SSSR count). The lowest BCUT2D eigenvalue weighted by molar-refractivity contribution is 0.589. The van der Waals surface area contributed by atoms with Crippen LogP contribution in [-0.4, -0.2) is 0 Å². The molecule has 1 heteroatoms. The van der Waals surface area contributed by atoms with Gasteiger partial charge in [0.25, 0.3) is 0 Å². The molecule has 0 amide bonds. The third-order valence-corrected chi connectivity index (χ3v) is 6.18. The monoisotopic (exact) mass is 392 g/mol. The van der Waals surface area contributed by atoms with Crippen LogP contribution < -0.4 is 0 Å². The first-order chi connectivity index (χ1) is 11.6. The molecule has 0 atom stereocenters. The zero-order chi connectivity index (χ0) is 18.1. The van der Waals surface area contributed by atoms with Crippen molar-refractivity contribution >= 4 is 48.2 Å². The Morgan fingerprint density at radius 2 is 1.16 bits per heavy atom. The Morgan fingerprint density at radius 3 is 1.68 bits per heavy atom. The second-order valence-corrected chi connectivity index (χ2v) is 10.1. The zero-order valence-electron chi connectivity index (χ0n) is 15.9. The van der Waals surface area contributed by atoms with E-state index < -0.39 is 0 Å². The molecule has 4 aromatic rings. The van der Waals surface area contributed by atoms with E-state index in [1.165, 1.54) is 47.9 Å². The van der Waals surface area contributed by atoms with E-state index >= 15 is 0 Å². The van der Waals surface area contributed by atoms with Gasteiger partial charge in [0.2, 0.25) is 0 Å². The molecule has 128 valence electrons. The molecule has 25 heavy (non-hydrogen) atoms. The van der Waals surface area contributed by atoms with Crippen LogP contribution in [0, 0.1) is 0 Å². The first-order valence-electron chi connectivity index (χ1n) is 8.99. The molecule has 0 bridgehead atoms. The lowest BCUT2D eigenvalue weighted by atomic mass is 9.81. The average molecular weight is 393 g/mol. The fraction of sp³-hybridized carbons (Fsp3) is 0.333. The maximum absolute atomic E-state index is 3.91. The van der Waals surface area contributed by atoms with Gasteiger partial charge in [0.15, 0.2) is 0 Å². The molecular weight excluding hydrogens is 368 g/mol.